The van der Waals surface area contributed by atoms with Gasteiger partial charge in [0.2, 0.25) is 5.95 Å². The fourth-order valence-electron chi connectivity index (χ4n) is 3.25. The average molecular weight is 299 g/mol. The quantitative estimate of drug-likeness (QED) is 0.702. The molecule has 4 rings (SSSR count). The number of nitrogens with two attached hydrogens (primary N) is 1. The lowest BCUT2D eigenvalue weighted by Gasteiger charge is -2.22. The molecule has 0 bridgehead atoms. The van der Waals surface area contributed by atoms with Gasteiger partial charge in [-0.25, -0.2) is 9.97 Å². The fourth-order valence-corrected chi connectivity index (χ4v) is 3.43. The van der Waals surface area contributed by atoms with Gasteiger partial charge in [-0.1, -0.05) is 41.9 Å². The Labute approximate surface area is 127 Å². The number of halogens is 1. The summed E-state index contributed by atoms with van der Waals surface area (Å²) in [5.74, 6) is 0.942. The van der Waals surface area contributed by atoms with Crippen LogP contribution in [-0.4, -0.2) is 14.4 Å². The summed E-state index contributed by atoms with van der Waals surface area (Å²) in [6.07, 6.45) is 3.01. The number of fused-ring (bicyclic) bond motifs is 3. The van der Waals surface area contributed by atoms with Crippen molar-refractivity contribution in [3.8, 4) is 0 Å². The van der Waals surface area contributed by atoms with Crippen LogP contribution in [0.5, 0.6) is 0 Å². The van der Waals surface area contributed by atoms with E-state index in [0.29, 0.717) is 17.0 Å². The SMILES string of the molecule is Nc1nc(Cl)cc2nc3c(n12)CCC(c1ccccc1)C3. The third kappa shape index (κ3) is 2.07. The van der Waals surface area contributed by atoms with Gasteiger partial charge in [0.1, 0.15) is 10.8 Å². The van der Waals surface area contributed by atoms with E-state index in [1.54, 1.807) is 6.07 Å². The zero-order valence-corrected chi connectivity index (χ0v) is 12.2. The molecule has 2 N–H and O–H groups in total. The highest BCUT2D eigenvalue weighted by atomic mass is 35.5. The van der Waals surface area contributed by atoms with Crippen LogP contribution in [0, 0.1) is 0 Å². The number of hydrogen-bond acceptors (Lipinski definition) is 3. The smallest absolute Gasteiger partial charge is 0.207 e. The van der Waals surface area contributed by atoms with Crippen molar-refractivity contribution in [1.82, 2.24) is 14.4 Å². The Kier molecular flexibility index (Phi) is 2.86. The molecular formula is C16H15ClN4. The van der Waals surface area contributed by atoms with Crippen LogP contribution >= 0.6 is 11.6 Å². The molecule has 1 aliphatic rings. The highest BCUT2D eigenvalue weighted by molar-refractivity contribution is 6.29. The minimum Gasteiger partial charge on any atom is -0.369 e. The zero-order valence-electron chi connectivity index (χ0n) is 11.5. The van der Waals surface area contributed by atoms with Gasteiger partial charge in [0.05, 0.1) is 5.69 Å². The van der Waals surface area contributed by atoms with E-state index in [2.05, 4.69) is 35.3 Å². The maximum absolute atomic E-state index is 6.00. The highest BCUT2D eigenvalue weighted by Gasteiger charge is 2.25. The van der Waals surface area contributed by atoms with Gasteiger partial charge in [-0.15, -0.1) is 0 Å². The summed E-state index contributed by atoms with van der Waals surface area (Å²) in [7, 11) is 0. The second kappa shape index (κ2) is 4.74. The summed E-state index contributed by atoms with van der Waals surface area (Å²) in [4.78, 5) is 8.83. The lowest BCUT2D eigenvalue weighted by Crippen LogP contribution is -2.14. The minimum absolute atomic E-state index is 0.391. The molecule has 1 atom stereocenters. The molecule has 106 valence electrons. The van der Waals surface area contributed by atoms with E-state index >= 15 is 0 Å². The molecule has 0 aliphatic heterocycles. The van der Waals surface area contributed by atoms with Crippen molar-refractivity contribution in [2.75, 3.05) is 5.73 Å². The predicted octanol–water partition coefficient (Wildman–Crippen LogP) is 3.24. The van der Waals surface area contributed by atoms with E-state index in [1.165, 1.54) is 11.3 Å². The van der Waals surface area contributed by atoms with Crippen molar-refractivity contribution in [3.63, 3.8) is 0 Å². The first-order valence-electron chi connectivity index (χ1n) is 7.09. The van der Waals surface area contributed by atoms with Gasteiger partial charge in [0, 0.05) is 11.8 Å². The Balaban J connectivity index is 1.78. The van der Waals surface area contributed by atoms with Crippen LogP contribution in [-0.2, 0) is 12.8 Å². The molecule has 2 heterocycles. The average Bonchev–Trinajstić information content (AvgIpc) is 2.85. The standard InChI is InChI=1S/C16H15ClN4/c17-14-9-15-19-12-8-11(10-4-2-1-3-5-10)6-7-13(12)21(15)16(18)20-14/h1-5,9,11H,6-8H2,(H2,18,20). The largest absolute Gasteiger partial charge is 0.369 e. The summed E-state index contributed by atoms with van der Waals surface area (Å²) in [6.45, 7) is 0. The third-order valence-corrected chi connectivity index (χ3v) is 4.41. The summed E-state index contributed by atoms with van der Waals surface area (Å²) in [6, 6.07) is 12.4. The normalized spacial score (nSPS) is 17.9. The van der Waals surface area contributed by atoms with Crippen LogP contribution in [0.3, 0.4) is 0 Å². The lowest BCUT2D eigenvalue weighted by molar-refractivity contribution is 0.568. The van der Waals surface area contributed by atoms with Gasteiger partial charge >= 0.3 is 0 Å². The third-order valence-electron chi connectivity index (χ3n) is 4.22. The molecule has 1 aliphatic carbocycles. The Morgan fingerprint density at radius 1 is 1.19 bits per heavy atom. The van der Waals surface area contributed by atoms with Crippen molar-refractivity contribution in [3.05, 3.63) is 58.5 Å². The Bertz CT molecular complexity index is 810. The van der Waals surface area contributed by atoms with Crippen LogP contribution < -0.4 is 5.73 Å². The second-order valence-electron chi connectivity index (χ2n) is 5.49. The number of nitrogens with zero attached hydrogens (tertiary/aromatic N) is 3. The summed E-state index contributed by atoms with van der Waals surface area (Å²) >= 11 is 5.97. The molecule has 2 aromatic heterocycles. The van der Waals surface area contributed by atoms with Gasteiger partial charge in [0.15, 0.2) is 0 Å². The maximum Gasteiger partial charge on any atom is 0.207 e. The number of aryl methyl sites for hydroxylation is 1. The number of nitrogen functional groups attached to an aromatic ring is 1. The first kappa shape index (κ1) is 12.7. The van der Waals surface area contributed by atoms with Crippen molar-refractivity contribution in [1.29, 1.82) is 0 Å². The van der Waals surface area contributed by atoms with Crippen LogP contribution in [0.1, 0.15) is 29.3 Å². The predicted molar refractivity (Wildman–Crippen MR) is 83.6 cm³/mol. The number of benzene rings is 1. The monoisotopic (exact) mass is 298 g/mol. The first-order chi connectivity index (χ1) is 10.2. The van der Waals surface area contributed by atoms with Gasteiger partial charge in [0.25, 0.3) is 0 Å². The van der Waals surface area contributed by atoms with E-state index in [-0.39, 0.29) is 0 Å². The minimum atomic E-state index is 0.391. The molecule has 1 aromatic carbocycles. The molecule has 5 heteroatoms. The van der Waals surface area contributed by atoms with Gasteiger partial charge in [-0.3, -0.25) is 4.40 Å². The molecule has 3 aromatic rings. The Morgan fingerprint density at radius 2 is 2.00 bits per heavy atom. The highest BCUT2D eigenvalue weighted by Crippen LogP contribution is 2.33. The van der Waals surface area contributed by atoms with Crippen molar-refractivity contribution in [2.45, 2.75) is 25.2 Å². The van der Waals surface area contributed by atoms with E-state index in [4.69, 9.17) is 22.3 Å². The fraction of sp³-hybridized carbons (Fsp3) is 0.250. The molecular weight excluding hydrogens is 284 g/mol. The van der Waals surface area contributed by atoms with Gasteiger partial charge < -0.3 is 5.73 Å². The van der Waals surface area contributed by atoms with Gasteiger partial charge in [-0.05, 0) is 30.7 Å². The summed E-state index contributed by atoms with van der Waals surface area (Å²) in [5.41, 5.74) is 10.5. The molecule has 0 amide bonds. The molecule has 1 unspecified atom stereocenters. The van der Waals surface area contributed by atoms with E-state index in [9.17, 15) is 0 Å². The van der Waals surface area contributed by atoms with Crippen LogP contribution in [0.25, 0.3) is 5.65 Å². The summed E-state index contributed by atoms with van der Waals surface area (Å²) in [5, 5.41) is 0.391. The molecule has 0 spiro atoms. The molecule has 0 radical (unpaired) electrons. The zero-order chi connectivity index (χ0) is 14.4. The number of imidazole rings is 1. The Hall–Kier alpha value is -2.07. The van der Waals surface area contributed by atoms with Crippen molar-refractivity contribution >= 4 is 23.2 Å². The van der Waals surface area contributed by atoms with Crippen molar-refractivity contribution < 1.29 is 0 Å². The molecule has 21 heavy (non-hydrogen) atoms. The molecule has 4 nitrogen and oxygen atoms in total. The Morgan fingerprint density at radius 3 is 2.81 bits per heavy atom. The van der Waals surface area contributed by atoms with Gasteiger partial charge in [-0.2, -0.15) is 0 Å². The maximum atomic E-state index is 6.00. The van der Waals surface area contributed by atoms with Crippen LogP contribution in [0.15, 0.2) is 36.4 Å². The lowest BCUT2D eigenvalue weighted by atomic mass is 9.84. The van der Waals surface area contributed by atoms with E-state index in [1.807, 2.05) is 4.40 Å². The number of anilines is 1. The van der Waals surface area contributed by atoms with Crippen LogP contribution in [0.2, 0.25) is 5.15 Å². The molecule has 0 saturated carbocycles. The van der Waals surface area contributed by atoms with E-state index < -0.39 is 0 Å². The molecule has 0 saturated heterocycles. The second-order valence-corrected chi connectivity index (χ2v) is 5.87. The number of rotatable bonds is 1. The topological polar surface area (TPSA) is 56.2 Å². The first-order valence-corrected chi connectivity index (χ1v) is 7.47. The van der Waals surface area contributed by atoms with E-state index in [0.717, 1.165) is 30.6 Å². The number of hydrogen-bond donors (Lipinski definition) is 1. The molecule has 0 fully saturated rings. The number of aromatic nitrogens is 3. The van der Waals surface area contributed by atoms with Crippen LogP contribution in [0.4, 0.5) is 5.95 Å². The van der Waals surface area contributed by atoms with Crippen molar-refractivity contribution in [2.24, 2.45) is 0 Å². The summed E-state index contributed by atoms with van der Waals surface area (Å²) < 4.78 is 1.93.